The molecule has 0 saturated heterocycles. The largest absolute Gasteiger partial charge is 0.461 e. The van der Waals surface area contributed by atoms with E-state index in [1.54, 1.807) is 0 Å². The molecule has 0 fully saturated rings. The van der Waals surface area contributed by atoms with Gasteiger partial charge in [-0.1, -0.05) is 64.4 Å². The monoisotopic (exact) mass is 224 g/mol. The minimum atomic E-state index is -0.242. The number of carbonyl (C=O) groups excluding carboxylic acids is 1. The fourth-order valence-electron chi connectivity index (χ4n) is 0.759. The number of ether oxygens (including phenoxy) is 1. The van der Waals surface area contributed by atoms with Gasteiger partial charge in [-0.05, 0) is 5.56 Å². The van der Waals surface area contributed by atoms with E-state index in [9.17, 15) is 4.79 Å². The molecule has 0 bridgehead atoms. The second-order valence-electron chi connectivity index (χ2n) is 2.97. The maximum atomic E-state index is 10.4. The smallest absolute Gasteiger partial charge is 0.302 e. The number of esters is 1. The Bertz CT molecular complexity index is 242. The molecule has 0 atom stereocenters. The Balaban J connectivity index is 0. The molecule has 0 amide bonds. The minimum Gasteiger partial charge on any atom is -0.461 e. The predicted molar refractivity (Wildman–Crippen MR) is 69.2 cm³/mol. The summed E-state index contributed by atoms with van der Waals surface area (Å²) in [5.74, 6) is -0.242. The standard InChI is InChI=1S/C9H10O2.C3H8.C2H6/c1-8(10)11-7-9-5-3-2-4-6-9;1-3-2;1-2/h2-6H,7H2,1H3;3H2,1-2H3;1-2H3. The van der Waals surface area contributed by atoms with Crippen LogP contribution in [0.2, 0.25) is 0 Å². The molecule has 0 saturated carbocycles. The highest BCUT2D eigenvalue weighted by molar-refractivity contribution is 5.65. The zero-order valence-electron chi connectivity index (χ0n) is 11.1. The molecule has 16 heavy (non-hydrogen) atoms. The molecular weight excluding hydrogens is 200 g/mol. The third kappa shape index (κ3) is 12.7. The van der Waals surface area contributed by atoms with Crippen molar-refractivity contribution in [3.05, 3.63) is 35.9 Å². The van der Waals surface area contributed by atoms with Crippen molar-refractivity contribution in [3.63, 3.8) is 0 Å². The van der Waals surface area contributed by atoms with E-state index in [-0.39, 0.29) is 5.97 Å². The first-order valence-corrected chi connectivity index (χ1v) is 5.88. The average Bonchev–Trinajstić information content (AvgIpc) is 2.31. The summed E-state index contributed by atoms with van der Waals surface area (Å²) in [6.45, 7) is 10.0. The number of carbonyl (C=O) groups is 1. The summed E-state index contributed by atoms with van der Waals surface area (Å²) in [5.41, 5.74) is 1.02. The predicted octanol–water partition coefficient (Wildman–Crippen LogP) is 4.19. The van der Waals surface area contributed by atoms with Gasteiger partial charge >= 0.3 is 5.97 Å². The third-order valence-electron chi connectivity index (χ3n) is 1.28. The SMILES string of the molecule is CC.CC(=O)OCc1ccccc1.CCC. The zero-order chi connectivity index (χ0) is 12.8. The first kappa shape index (κ1) is 17.1. The van der Waals surface area contributed by atoms with Crippen molar-refractivity contribution in [1.29, 1.82) is 0 Å². The average molecular weight is 224 g/mol. The van der Waals surface area contributed by atoms with Gasteiger partial charge in [0.1, 0.15) is 6.61 Å². The summed E-state index contributed by atoms with van der Waals surface area (Å²) >= 11 is 0. The molecule has 92 valence electrons. The molecule has 2 heteroatoms. The number of hydrogen-bond acceptors (Lipinski definition) is 2. The van der Waals surface area contributed by atoms with Gasteiger partial charge in [0, 0.05) is 6.92 Å². The van der Waals surface area contributed by atoms with Crippen LogP contribution in [0, 0.1) is 0 Å². The summed E-state index contributed by atoms with van der Waals surface area (Å²) in [6.07, 6.45) is 1.25. The van der Waals surface area contributed by atoms with Crippen molar-refractivity contribution >= 4 is 5.97 Å². The Hall–Kier alpha value is -1.31. The van der Waals surface area contributed by atoms with Gasteiger partial charge in [0.2, 0.25) is 0 Å². The lowest BCUT2D eigenvalue weighted by molar-refractivity contribution is -0.142. The van der Waals surface area contributed by atoms with Gasteiger partial charge in [-0.25, -0.2) is 0 Å². The van der Waals surface area contributed by atoms with E-state index in [1.807, 2.05) is 44.2 Å². The van der Waals surface area contributed by atoms with Crippen molar-refractivity contribution in [3.8, 4) is 0 Å². The first-order chi connectivity index (χ1) is 7.70. The summed E-state index contributed by atoms with van der Waals surface area (Å²) in [4.78, 5) is 10.4. The lowest BCUT2D eigenvalue weighted by atomic mass is 10.2. The molecule has 0 unspecified atom stereocenters. The number of hydrogen-bond donors (Lipinski definition) is 0. The summed E-state index contributed by atoms with van der Waals surface area (Å²) in [5, 5.41) is 0. The molecule has 0 spiro atoms. The van der Waals surface area contributed by atoms with Gasteiger partial charge in [-0.2, -0.15) is 0 Å². The van der Waals surface area contributed by atoms with E-state index in [4.69, 9.17) is 4.74 Å². The maximum absolute atomic E-state index is 10.4. The zero-order valence-corrected chi connectivity index (χ0v) is 11.1. The summed E-state index contributed by atoms with van der Waals surface area (Å²) in [7, 11) is 0. The molecule has 0 aliphatic heterocycles. The molecule has 0 aromatic heterocycles. The van der Waals surface area contributed by atoms with Crippen LogP contribution in [-0.4, -0.2) is 5.97 Å². The molecule has 2 nitrogen and oxygen atoms in total. The fraction of sp³-hybridized carbons (Fsp3) is 0.500. The van der Waals surface area contributed by atoms with Crippen LogP contribution < -0.4 is 0 Å². The van der Waals surface area contributed by atoms with Crippen LogP contribution in [0.15, 0.2) is 30.3 Å². The Morgan fingerprint density at radius 1 is 1.12 bits per heavy atom. The van der Waals surface area contributed by atoms with Gasteiger partial charge in [-0.15, -0.1) is 0 Å². The van der Waals surface area contributed by atoms with Gasteiger partial charge in [0.05, 0.1) is 0 Å². The van der Waals surface area contributed by atoms with Crippen LogP contribution in [-0.2, 0) is 16.1 Å². The van der Waals surface area contributed by atoms with E-state index in [2.05, 4.69) is 13.8 Å². The number of rotatable bonds is 2. The molecule has 0 radical (unpaired) electrons. The van der Waals surface area contributed by atoms with Crippen LogP contribution in [0.4, 0.5) is 0 Å². The van der Waals surface area contributed by atoms with Crippen LogP contribution in [0.5, 0.6) is 0 Å². The Kier molecular flexibility index (Phi) is 14.6. The highest BCUT2D eigenvalue weighted by atomic mass is 16.5. The van der Waals surface area contributed by atoms with Crippen LogP contribution >= 0.6 is 0 Å². The van der Waals surface area contributed by atoms with Crippen molar-refractivity contribution < 1.29 is 9.53 Å². The third-order valence-corrected chi connectivity index (χ3v) is 1.28. The molecule has 0 heterocycles. The lowest BCUT2D eigenvalue weighted by Gasteiger charge is -1.99. The van der Waals surface area contributed by atoms with Gasteiger partial charge in [0.15, 0.2) is 0 Å². The number of benzene rings is 1. The van der Waals surface area contributed by atoms with Crippen molar-refractivity contribution in [2.45, 2.75) is 47.6 Å². The highest BCUT2D eigenvalue weighted by Crippen LogP contribution is 1.99. The molecule has 0 N–H and O–H groups in total. The summed E-state index contributed by atoms with van der Waals surface area (Å²) < 4.78 is 4.79. The second-order valence-corrected chi connectivity index (χ2v) is 2.97. The minimum absolute atomic E-state index is 0.242. The van der Waals surface area contributed by atoms with Gasteiger partial charge < -0.3 is 4.74 Å². The lowest BCUT2D eigenvalue weighted by Crippen LogP contribution is -1.97. The first-order valence-electron chi connectivity index (χ1n) is 5.88. The molecule has 1 aromatic rings. The normalized spacial score (nSPS) is 7.81. The topological polar surface area (TPSA) is 26.3 Å². The van der Waals surface area contributed by atoms with E-state index in [0.29, 0.717) is 6.61 Å². The van der Waals surface area contributed by atoms with E-state index >= 15 is 0 Å². The van der Waals surface area contributed by atoms with E-state index in [0.717, 1.165) is 5.56 Å². The quantitative estimate of drug-likeness (QED) is 0.704. The Morgan fingerprint density at radius 3 is 1.94 bits per heavy atom. The van der Waals surface area contributed by atoms with E-state index in [1.165, 1.54) is 13.3 Å². The van der Waals surface area contributed by atoms with Crippen molar-refractivity contribution in [2.24, 2.45) is 0 Å². The Labute approximate surface area is 99.6 Å². The second kappa shape index (κ2) is 13.7. The van der Waals surface area contributed by atoms with Gasteiger partial charge in [0.25, 0.3) is 0 Å². The highest BCUT2D eigenvalue weighted by Gasteiger charge is 1.93. The molecule has 1 rings (SSSR count). The molecule has 0 aliphatic carbocycles. The van der Waals surface area contributed by atoms with Crippen LogP contribution in [0.1, 0.15) is 46.6 Å². The maximum Gasteiger partial charge on any atom is 0.302 e. The van der Waals surface area contributed by atoms with Crippen LogP contribution in [0.25, 0.3) is 0 Å². The molecule has 0 aliphatic rings. The fourth-order valence-corrected chi connectivity index (χ4v) is 0.759. The van der Waals surface area contributed by atoms with Crippen LogP contribution in [0.3, 0.4) is 0 Å². The van der Waals surface area contributed by atoms with E-state index < -0.39 is 0 Å². The van der Waals surface area contributed by atoms with Gasteiger partial charge in [-0.3, -0.25) is 4.79 Å². The Morgan fingerprint density at radius 2 is 1.56 bits per heavy atom. The van der Waals surface area contributed by atoms with Crippen molar-refractivity contribution in [1.82, 2.24) is 0 Å². The summed E-state index contributed by atoms with van der Waals surface area (Å²) in [6, 6.07) is 9.60. The molecular formula is C14H24O2. The van der Waals surface area contributed by atoms with Crippen molar-refractivity contribution in [2.75, 3.05) is 0 Å². The molecule has 1 aromatic carbocycles.